The second kappa shape index (κ2) is 6.45. The van der Waals surface area contributed by atoms with E-state index >= 15 is 0 Å². The number of halogens is 2. The van der Waals surface area contributed by atoms with Crippen LogP contribution >= 0.6 is 23.2 Å². The van der Waals surface area contributed by atoms with E-state index in [9.17, 15) is 4.79 Å². The van der Waals surface area contributed by atoms with Crippen LogP contribution in [-0.4, -0.2) is 5.91 Å². The van der Waals surface area contributed by atoms with Crippen molar-refractivity contribution in [3.8, 4) is 0 Å². The van der Waals surface area contributed by atoms with Gasteiger partial charge in [0, 0.05) is 10.0 Å². The van der Waals surface area contributed by atoms with Crippen LogP contribution in [0.25, 0.3) is 0 Å². The molecule has 2 aromatic carbocycles. The van der Waals surface area contributed by atoms with Crippen molar-refractivity contribution in [3.63, 3.8) is 0 Å². The van der Waals surface area contributed by atoms with Gasteiger partial charge in [-0.05, 0) is 29.8 Å². The lowest BCUT2D eigenvalue weighted by molar-refractivity contribution is -0.119. The number of anilines is 1. The summed E-state index contributed by atoms with van der Waals surface area (Å²) in [5.41, 5.74) is 6.99. The van der Waals surface area contributed by atoms with Crippen molar-refractivity contribution in [2.75, 3.05) is 5.43 Å². The van der Waals surface area contributed by atoms with Gasteiger partial charge in [-0.25, -0.2) is 0 Å². The summed E-state index contributed by atoms with van der Waals surface area (Å²) >= 11 is 11.8. The molecule has 0 bridgehead atoms. The fourth-order valence-electron chi connectivity index (χ4n) is 1.55. The van der Waals surface area contributed by atoms with Crippen molar-refractivity contribution in [1.29, 1.82) is 0 Å². The molecule has 0 unspecified atom stereocenters. The molecule has 19 heavy (non-hydrogen) atoms. The summed E-state index contributed by atoms with van der Waals surface area (Å²) in [5.74, 6) is -0.173. The molecule has 0 fully saturated rings. The van der Waals surface area contributed by atoms with Gasteiger partial charge in [0.05, 0.1) is 12.1 Å². The Morgan fingerprint density at radius 2 is 1.79 bits per heavy atom. The number of hydrogen-bond donors (Lipinski definition) is 2. The molecule has 1 amide bonds. The predicted octanol–water partition coefficient (Wildman–Crippen LogP) is 3.68. The lowest BCUT2D eigenvalue weighted by atomic mass is 10.1. The van der Waals surface area contributed by atoms with Crippen LogP contribution in [0.5, 0.6) is 0 Å². The van der Waals surface area contributed by atoms with Crippen LogP contribution in [0.4, 0.5) is 5.69 Å². The van der Waals surface area contributed by atoms with Gasteiger partial charge in [0.2, 0.25) is 5.91 Å². The zero-order valence-electron chi connectivity index (χ0n) is 9.99. The largest absolute Gasteiger partial charge is 0.299 e. The van der Waals surface area contributed by atoms with Gasteiger partial charge in [0.15, 0.2) is 0 Å². The van der Waals surface area contributed by atoms with Crippen molar-refractivity contribution in [3.05, 3.63) is 64.1 Å². The van der Waals surface area contributed by atoms with Crippen LogP contribution in [0.3, 0.4) is 0 Å². The van der Waals surface area contributed by atoms with Gasteiger partial charge in [-0.3, -0.25) is 15.6 Å². The van der Waals surface area contributed by atoms with E-state index < -0.39 is 0 Å². The number of benzene rings is 2. The van der Waals surface area contributed by atoms with Crippen molar-refractivity contribution in [2.45, 2.75) is 6.42 Å². The predicted molar refractivity (Wildman–Crippen MR) is 78.4 cm³/mol. The highest BCUT2D eigenvalue weighted by Gasteiger charge is 2.07. The highest BCUT2D eigenvalue weighted by atomic mass is 35.5. The van der Waals surface area contributed by atoms with Gasteiger partial charge >= 0.3 is 0 Å². The second-order valence-corrected chi connectivity index (χ2v) is 4.80. The van der Waals surface area contributed by atoms with E-state index in [0.29, 0.717) is 10.0 Å². The number of amides is 1. The Bertz CT molecular complexity index is 573. The van der Waals surface area contributed by atoms with Crippen LogP contribution in [0.15, 0.2) is 48.5 Å². The topological polar surface area (TPSA) is 41.1 Å². The van der Waals surface area contributed by atoms with Crippen molar-refractivity contribution in [1.82, 2.24) is 5.43 Å². The standard InChI is InChI=1S/C14H12Cl2N2O/c15-11-7-6-10(13(16)9-11)8-14(19)18-17-12-4-2-1-3-5-12/h1-7,9,17H,8H2,(H,18,19). The molecule has 0 aliphatic heterocycles. The average molecular weight is 295 g/mol. The van der Waals surface area contributed by atoms with E-state index in [0.717, 1.165) is 11.3 Å². The Balaban J connectivity index is 1.91. The van der Waals surface area contributed by atoms with E-state index in [1.165, 1.54) is 0 Å². The number of hydrazine groups is 1. The third kappa shape index (κ3) is 4.16. The van der Waals surface area contributed by atoms with Gasteiger partial charge < -0.3 is 0 Å². The maximum Gasteiger partial charge on any atom is 0.242 e. The van der Waals surface area contributed by atoms with Gasteiger partial charge in [-0.15, -0.1) is 0 Å². The molecule has 0 radical (unpaired) electrons. The lowest BCUT2D eigenvalue weighted by Gasteiger charge is -2.09. The molecular formula is C14H12Cl2N2O. The summed E-state index contributed by atoms with van der Waals surface area (Å²) in [6.07, 6.45) is 0.190. The molecule has 0 aliphatic carbocycles. The lowest BCUT2D eigenvalue weighted by Crippen LogP contribution is -2.30. The van der Waals surface area contributed by atoms with Crippen LogP contribution < -0.4 is 10.9 Å². The first kappa shape index (κ1) is 13.7. The van der Waals surface area contributed by atoms with Crippen LogP contribution in [0.1, 0.15) is 5.56 Å². The molecule has 0 spiro atoms. The highest BCUT2D eigenvalue weighted by molar-refractivity contribution is 6.35. The van der Waals surface area contributed by atoms with Gasteiger partial charge in [-0.2, -0.15) is 0 Å². The Morgan fingerprint density at radius 1 is 1.05 bits per heavy atom. The zero-order chi connectivity index (χ0) is 13.7. The number of rotatable bonds is 4. The monoisotopic (exact) mass is 294 g/mol. The van der Waals surface area contributed by atoms with Crippen molar-refractivity contribution >= 4 is 34.8 Å². The fraction of sp³-hybridized carbons (Fsp3) is 0.0714. The number of hydrogen-bond acceptors (Lipinski definition) is 2. The molecule has 2 aromatic rings. The van der Waals surface area contributed by atoms with Gasteiger partial charge in [0.1, 0.15) is 0 Å². The number of carbonyl (C=O) groups is 1. The zero-order valence-corrected chi connectivity index (χ0v) is 11.5. The molecule has 3 nitrogen and oxygen atoms in total. The normalized spacial score (nSPS) is 10.0. The molecule has 2 rings (SSSR count). The third-order valence-corrected chi connectivity index (χ3v) is 3.07. The van der Waals surface area contributed by atoms with Gasteiger partial charge in [-0.1, -0.05) is 47.5 Å². The average Bonchev–Trinajstić information content (AvgIpc) is 2.41. The Hall–Kier alpha value is -1.71. The minimum absolute atomic E-state index is 0.173. The van der Waals surface area contributed by atoms with Gasteiger partial charge in [0.25, 0.3) is 0 Å². The summed E-state index contributed by atoms with van der Waals surface area (Å²) in [6.45, 7) is 0. The quantitative estimate of drug-likeness (QED) is 0.845. The van der Waals surface area contributed by atoms with E-state index in [-0.39, 0.29) is 12.3 Å². The molecule has 2 N–H and O–H groups in total. The number of nitrogens with one attached hydrogen (secondary N) is 2. The SMILES string of the molecule is O=C(Cc1ccc(Cl)cc1Cl)NNc1ccccc1. The molecule has 0 heterocycles. The maximum absolute atomic E-state index is 11.8. The Morgan fingerprint density at radius 3 is 2.47 bits per heavy atom. The first-order valence-corrected chi connectivity index (χ1v) is 6.44. The number of para-hydroxylation sites is 1. The fourth-order valence-corrected chi connectivity index (χ4v) is 2.02. The van der Waals surface area contributed by atoms with E-state index in [2.05, 4.69) is 10.9 Å². The van der Waals surface area contributed by atoms with E-state index in [1.54, 1.807) is 18.2 Å². The molecule has 98 valence electrons. The Kier molecular flexibility index (Phi) is 4.66. The summed E-state index contributed by atoms with van der Waals surface area (Å²) in [6, 6.07) is 14.4. The third-order valence-electron chi connectivity index (χ3n) is 2.49. The molecule has 5 heteroatoms. The van der Waals surface area contributed by atoms with Crippen molar-refractivity contribution < 1.29 is 4.79 Å². The van der Waals surface area contributed by atoms with Crippen LogP contribution in [-0.2, 0) is 11.2 Å². The number of carbonyl (C=O) groups excluding carboxylic acids is 1. The van der Waals surface area contributed by atoms with E-state index in [1.807, 2.05) is 30.3 Å². The second-order valence-electron chi connectivity index (χ2n) is 3.95. The van der Waals surface area contributed by atoms with Crippen molar-refractivity contribution in [2.24, 2.45) is 0 Å². The molecule has 0 atom stereocenters. The minimum Gasteiger partial charge on any atom is -0.299 e. The van der Waals surface area contributed by atoms with E-state index in [4.69, 9.17) is 23.2 Å². The molecule has 0 aliphatic rings. The maximum atomic E-state index is 11.8. The summed E-state index contributed by atoms with van der Waals surface area (Å²) in [5, 5.41) is 1.04. The molecule has 0 saturated heterocycles. The smallest absolute Gasteiger partial charge is 0.242 e. The summed E-state index contributed by atoms with van der Waals surface area (Å²) in [7, 11) is 0. The first-order valence-electron chi connectivity index (χ1n) is 5.69. The molecule has 0 aromatic heterocycles. The first-order chi connectivity index (χ1) is 9.15. The minimum atomic E-state index is -0.173. The summed E-state index contributed by atoms with van der Waals surface area (Å²) < 4.78 is 0. The van der Waals surface area contributed by atoms with Crippen LogP contribution in [0.2, 0.25) is 10.0 Å². The highest BCUT2D eigenvalue weighted by Crippen LogP contribution is 2.21. The van der Waals surface area contributed by atoms with Crippen LogP contribution in [0, 0.1) is 0 Å². The Labute approximate surface area is 121 Å². The molecular weight excluding hydrogens is 283 g/mol. The summed E-state index contributed by atoms with van der Waals surface area (Å²) in [4.78, 5) is 11.8. The molecule has 0 saturated carbocycles.